The Kier molecular flexibility index (Phi) is 5.58. The SMILES string of the molecule is CCC1COCCN1C(C(C)C)C(N)c1ccccc1. The fourth-order valence-corrected chi connectivity index (χ4v) is 3.29. The summed E-state index contributed by atoms with van der Waals surface area (Å²) in [4.78, 5) is 2.58. The van der Waals surface area contributed by atoms with E-state index in [1.54, 1.807) is 0 Å². The summed E-state index contributed by atoms with van der Waals surface area (Å²) in [6, 6.07) is 11.4. The van der Waals surface area contributed by atoms with Crippen LogP contribution in [0.1, 0.15) is 38.8 Å². The lowest BCUT2D eigenvalue weighted by atomic mass is 9.88. The molecule has 1 saturated heterocycles. The highest BCUT2D eigenvalue weighted by Gasteiger charge is 2.34. The third-order valence-electron chi connectivity index (χ3n) is 4.36. The van der Waals surface area contributed by atoms with Gasteiger partial charge in [0.1, 0.15) is 0 Å². The van der Waals surface area contributed by atoms with Gasteiger partial charge in [-0.25, -0.2) is 0 Å². The van der Waals surface area contributed by atoms with Crippen molar-refractivity contribution < 1.29 is 4.74 Å². The Morgan fingerprint density at radius 3 is 2.60 bits per heavy atom. The van der Waals surface area contributed by atoms with E-state index < -0.39 is 0 Å². The zero-order chi connectivity index (χ0) is 14.5. The van der Waals surface area contributed by atoms with Gasteiger partial charge in [0.15, 0.2) is 0 Å². The van der Waals surface area contributed by atoms with Gasteiger partial charge >= 0.3 is 0 Å². The smallest absolute Gasteiger partial charge is 0.0622 e. The van der Waals surface area contributed by atoms with E-state index in [1.807, 2.05) is 6.07 Å². The molecular weight excluding hydrogens is 248 g/mol. The molecule has 1 aromatic rings. The van der Waals surface area contributed by atoms with Crippen molar-refractivity contribution in [2.75, 3.05) is 19.8 Å². The van der Waals surface area contributed by atoms with Crippen LogP contribution in [-0.2, 0) is 4.74 Å². The van der Waals surface area contributed by atoms with Crippen LogP contribution in [0.5, 0.6) is 0 Å². The van der Waals surface area contributed by atoms with E-state index in [0.717, 1.165) is 26.2 Å². The van der Waals surface area contributed by atoms with Crippen LogP contribution < -0.4 is 5.73 Å². The summed E-state index contributed by atoms with van der Waals surface area (Å²) >= 11 is 0. The second-order valence-corrected chi connectivity index (χ2v) is 6.05. The van der Waals surface area contributed by atoms with Gasteiger partial charge in [-0.2, -0.15) is 0 Å². The van der Waals surface area contributed by atoms with E-state index in [4.69, 9.17) is 10.5 Å². The van der Waals surface area contributed by atoms with E-state index >= 15 is 0 Å². The largest absolute Gasteiger partial charge is 0.378 e. The summed E-state index contributed by atoms with van der Waals surface area (Å²) in [6.45, 7) is 9.42. The van der Waals surface area contributed by atoms with Gasteiger partial charge in [0.25, 0.3) is 0 Å². The molecule has 0 aromatic heterocycles. The quantitative estimate of drug-likeness (QED) is 0.898. The molecule has 20 heavy (non-hydrogen) atoms. The Labute approximate surface area is 123 Å². The fourth-order valence-electron chi connectivity index (χ4n) is 3.29. The molecule has 0 radical (unpaired) electrons. The van der Waals surface area contributed by atoms with Crippen LogP contribution in [0, 0.1) is 5.92 Å². The molecule has 3 nitrogen and oxygen atoms in total. The average Bonchev–Trinajstić information content (AvgIpc) is 2.48. The molecule has 1 fully saturated rings. The number of nitrogens with two attached hydrogens (primary N) is 1. The predicted molar refractivity (Wildman–Crippen MR) is 83.6 cm³/mol. The van der Waals surface area contributed by atoms with Crippen LogP contribution in [0.25, 0.3) is 0 Å². The van der Waals surface area contributed by atoms with Crippen molar-refractivity contribution in [2.24, 2.45) is 11.7 Å². The maximum absolute atomic E-state index is 6.61. The molecule has 1 heterocycles. The molecule has 0 spiro atoms. The first-order valence-corrected chi connectivity index (χ1v) is 7.79. The number of morpholine rings is 1. The highest BCUT2D eigenvalue weighted by atomic mass is 16.5. The molecule has 3 atom stereocenters. The molecular formula is C17H28N2O. The summed E-state index contributed by atoms with van der Waals surface area (Å²) in [7, 11) is 0. The van der Waals surface area contributed by atoms with Crippen LogP contribution in [0.4, 0.5) is 0 Å². The first-order valence-electron chi connectivity index (χ1n) is 7.79. The van der Waals surface area contributed by atoms with E-state index in [0.29, 0.717) is 18.0 Å². The standard InChI is InChI=1S/C17H28N2O/c1-4-15-12-20-11-10-19(15)17(13(2)3)16(18)14-8-6-5-7-9-14/h5-9,13,15-17H,4,10-12,18H2,1-3H3. The minimum atomic E-state index is 0.0587. The minimum absolute atomic E-state index is 0.0587. The summed E-state index contributed by atoms with van der Waals surface area (Å²) in [5.41, 5.74) is 7.83. The lowest BCUT2D eigenvalue weighted by Crippen LogP contribution is -2.55. The average molecular weight is 276 g/mol. The van der Waals surface area contributed by atoms with E-state index in [1.165, 1.54) is 5.56 Å². The van der Waals surface area contributed by atoms with Crippen molar-refractivity contribution in [1.29, 1.82) is 0 Å². The lowest BCUT2D eigenvalue weighted by Gasteiger charge is -2.45. The van der Waals surface area contributed by atoms with Crippen molar-refractivity contribution in [1.82, 2.24) is 4.90 Å². The second-order valence-electron chi connectivity index (χ2n) is 6.05. The van der Waals surface area contributed by atoms with Crippen LogP contribution in [0.2, 0.25) is 0 Å². The van der Waals surface area contributed by atoms with Crippen LogP contribution in [0.15, 0.2) is 30.3 Å². The number of nitrogens with zero attached hydrogens (tertiary/aromatic N) is 1. The topological polar surface area (TPSA) is 38.5 Å². The summed E-state index contributed by atoms with van der Waals surface area (Å²) in [6.07, 6.45) is 1.12. The molecule has 1 aliphatic rings. The monoisotopic (exact) mass is 276 g/mol. The van der Waals surface area contributed by atoms with Gasteiger partial charge < -0.3 is 10.5 Å². The molecule has 3 heteroatoms. The molecule has 1 aromatic carbocycles. The normalized spacial score (nSPS) is 23.8. The van der Waals surface area contributed by atoms with Crippen molar-refractivity contribution in [3.8, 4) is 0 Å². The molecule has 112 valence electrons. The molecule has 0 aliphatic carbocycles. The highest BCUT2D eigenvalue weighted by Crippen LogP contribution is 2.28. The van der Waals surface area contributed by atoms with Gasteiger partial charge in [0, 0.05) is 24.7 Å². The third kappa shape index (κ3) is 3.40. The number of ether oxygens (including phenoxy) is 1. The van der Waals surface area contributed by atoms with Crippen molar-refractivity contribution in [3.05, 3.63) is 35.9 Å². The zero-order valence-electron chi connectivity index (χ0n) is 13.0. The second kappa shape index (κ2) is 7.21. The van der Waals surface area contributed by atoms with Gasteiger partial charge in [-0.15, -0.1) is 0 Å². The molecule has 2 N–H and O–H groups in total. The molecule has 0 bridgehead atoms. The highest BCUT2D eigenvalue weighted by molar-refractivity contribution is 5.20. The van der Waals surface area contributed by atoms with E-state index in [2.05, 4.69) is 49.9 Å². The van der Waals surface area contributed by atoms with Gasteiger partial charge in [-0.3, -0.25) is 4.90 Å². The fraction of sp³-hybridized carbons (Fsp3) is 0.647. The number of hydrogen-bond donors (Lipinski definition) is 1. The minimum Gasteiger partial charge on any atom is -0.378 e. The Morgan fingerprint density at radius 1 is 1.30 bits per heavy atom. The van der Waals surface area contributed by atoms with Crippen molar-refractivity contribution in [3.63, 3.8) is 0 Å². The first-order chi connectivity index (χ1) is 9.65. The Morgan fingerprint density at radius 2 is 2.00 bits per heavy atom. The van der Waals surface area contributed by atoms with Crippen molar-refractivity contribution >= 4 is 0 Å². The number of rotatable bonds is 5. The third-order valence-corrected chi connectivity index (χ3v) is 4.36. The van der Waals surface area contributed by atoms with E-state index in [-0.39, 0.29) is 6.04 Å². The molecule has 2 rings (SSSR count). The Hall–Kier alpha value is -0.900. The zero-order valence-corrected chi connectivity index (χ0v) is 13.0. The van der Waals surface area contributed by atoms with Crippen LogP contribution in [-0.4, -0.2) is 36.7 Å². The van der Waals surface area contributed by atoms with Crippen molar-refractivity contribution in [2.45, 2.75) is 45.3 Å². The predicted octanol–water partition coefficient (Wildman–Crippen LogP) is 2.82. The summed E-state index contributed by atoms with van der Waals surface area (Å²) in [5.74, 6) is 0.525. The van der Waals surface area contributed by atoms with Gasteiger partial charge in [-0.1, -0.05) is 51.1 Å². The summed E-state index contributed by atoms with van der Waals surface area (Å²) < 4.78 is 5.64. The van der Waals surface area contributed by atoms with Crippen LogP contribution >= 0.6 is 0 Å². The van der Waals surface area contributed by atoms with E-state index in [9.17, 15) is 0 Å². The van der Waals surface area contributed by atoms with Crippen LogP contribution in [0.3, 0.4) is 0 Å². The summed E-state index contributed by atoms with van der Waals surface area (Å²) in [5, 5.41) is 0. The molecule has 0 amide bonds. The molecule has 1 aliphatic heterocycles. The maximum Gasteiger partial charge on any atom is 0.0622 e. The first kappa shape index (κ1) is 15.5. The maximum atomic E-state index is 6.61. The van der Waals surface area contributed by atoms with Gasteiger partial charge in [0.05, 0.1) is 13.2 Å². The lowest BCUT2D eigenvalue weighted by molar-refractivity contribution is -0.0454. The molecule has 3 unspecified atom stereocenters. The van der Waals surface area contributed by atoms with Gasteiger partial charge in [0.2, 0.25) is 0 Å². The molecule has 0 saturated carbocycles. The number of benzene rings is 1. The Balaban J connectivity index is 2.21. The Bertz CT molecular complexity index is 393. The number of hydrogen-bond acceptors (Lipinski definition) is 3. The van der Waals surface area contributed by atoms with Gasteiger partial charge in [-0.05, 0) is 17.9 Å².